The van der Waals surface area contributed by atoms with E-state index in [9.17, 15) is 4.79 Å². The second kappa shape index (κ2) is 5.51. The molecule has 0 unspecified atom stereocenters. The number of nitrogens with one attached hydrogen (secondary N) is 1. The van der Waals surface area contributed by atoms with Crippen molar-refractivity contribution in [3.8, 4) is 11.5 Å². The molecule has 0 aromatic heterocycles. The van der Waals surface area contributed by atoms with Crippen molar-refractivity contribution in [2.75, 3.05) is 27.8 Å². The highest BCUT2D eigenvalue weighted by atomic mass is 16.5. The smallest absolute Gasteiger partial charge is 0.180 e. The molecule has 0 fully saturated rings. The van der Waals surface area contributed by atoms with Crippen molar-refractivity contribution in [3.63, 3.8) is 0 Å². The van der Waals surface area contributed by atoms with Gasteiger partial charge in [0.25, 0.3) is 0 Å². The maximum absolute atomic E-state index is 11.8. The SMILES string of the molecule is CNCC(=O)c1cc(OC)c(C)cc1OC. The maximum atomic E-state index is 11.8. The van der Waals surface area contributed by atoms with E-state index in [1.165, 1.54) is 0 Å². The van der Waals surface area contributed by atoms with Crippen LogP contribution in [0.1, 0.15) is 15.9 Å². The summed E-state index contributed by atoms with van der Waals surface area (Å²) in [6.07, 6.45) is 0. The molecule has 0 aliphatic rings. The monoisotopic (exact) mass is 223 g/mol. The Labute approximate surface area is 95.6 Å². The summed E-state index contributed by atoms with van der Waals surface area (Å²) < 4.78 is 10.4. The molecular weight excluding hydrogens is 206 g/mol. The molecule has 16 heavy (non-hydrogen) atoms. The summed E-state index contributed by atoms with van der Waals surface area (Å²) in [6.45, 7) is 2.19. The van der Waals surface area contributed by atoms with Crippen molar-refractivity contribution in [2.24, 2.45) is 0 Å². The fourth-order valence-electron chi connectivity index (χ4n) is 1.52. The summed E-state index contributed by atoms with van der Waals surface area (Å²) in [5.41, 5.74) is 1.49. The van der Waals surface area contributed by atoms with E-state index in [2.05, 4.69) is 5.32 Å². The van der Waals surface area contributed by atoms with Gasteiger partial charge in [-0.15, -0.1) is 0 Å². The van der Waals surface area contributed by atoms with Gasteiger partial charge in [0.15, 0.2) is 5.78 Å². The van der Waals surface area contributed by atoms with Gasteiger partial charge in [0.05, 0.1) is 26.3 Å². The minimum atomic E-state index is -0.0161. The van der Waals surface area contributed by atoms with Crippen LogP contribution in [0.15, 0.2) is 12.1 Å². The molecule has 88 valence electrons. The largest absolute Gasteiger partial charge is 0.496 e. The van der Waals surface area contributed by atoms with Gasteiger partial charge >= 0.3 is 0 Å². The second-order valence-corrected chi connectivity index (χ2v) is 3.48. The molecule has 1 aromatic rings. The molecule has 0 aliphatic carbocycles. The van der Waals surface area contributed by atoms with Crippen LogP contribution in [0.4, 0.5) is 0 Å². The predicted molar refractivity (Wildman–Crippen MR) is 62.5 cm³/mol. The third-order valence-corrected chi connectivity index (χ3v) is 2.35. The number of benzene rings is 1. The first kappa shape index (κ1) is 12.5. The van der Waals surface area contributed by atoms with Crippen LogP contribution in [0.25, 0.3) is 0 Å². The summed E-state index contributed by atoms with van der Waals surface area (Å²) in [7, 11) is 4.87. The van der Waals surface area contributed by atoms with E-state index in [-0.39, 0.29) is 12.3 Å². The van der Waals surface area contributed by atoms with Crippen LogP contribution in [-0.2, 0) is 0 Å². The Morgan fingerprint density at radius 3 is 2.38 bits per heavy atom. The van der Waals surface area contributed by atoms with Crippen LogP contribution in [0, 0.1) is 6.92 Å². The number of hydrogen-bond donors (Lipinski definition) is 1. The molecule has 4 nitrogen and oxygen atoms in total. The Bertz CT molecular complexity index is 388. The standard InChI is InChI=1S/C12H17NO3/c1-8-5-12(16-4)9(6-11(8)15-3)10(14)7-13-2/h5-6,13H,7H2,1-4H3. The van der Waals surface area contributed by atoms with Gasteiger partial charge in [0.1, 0.15) is 11.5 Å². The van der Waals surface area contributed by atoms with Gasteiger partial charge in [-0.1, -0.05) is 0 Å². The number of ether oxygens (including phenoxy) is 2. The Balaban J connectivity index is 3.19. The van der Waals surface area contributed by atoms with E-state index >= 15 is 0 Å². The molecule has 0 bridgehead atoms. The lowest BCUT2D eigenvalue weighted by Crippen LogP contribution is -2.19. The number of ketones is 1. The van der Waals surface area contributed by atoms with Gasteiger partial charge < -0.3 is 14.8 Å². The Morgan fingerprint density at radius 2 is 1.88 bits per heavy atom. The molecule has 1 aromatic carbocycles. The van der Waals surface area contributed by atoms with Gasteiger partial charge in [-0.2, -0.15) is 0 Å². The fourth-order valence-corrected chi connectivity index (χ4v) is 1.52. The van der Waals surface area contributed by atoms with Gasteiger partial charge in [-0.05, 0) is 31.7 Å². The number of carbonyl (C=O) groups excluding carboxylic acids is 1. The number of methoxy groups -OCH3 is 2. The molecule has 0 aliphatic heterocycles. The molecule has 4 heteroatoms. The minimum Gasteiger partial charge on any atom is -0.496 e. The van der Waals surface area contributed by atoms with Gasteiger partial charge in [0.2, 0.25) is 0 Å². The second-order valence-electron chi connectivity index (χ2n) is 3.48. The van der Waals surface area contributed by atoms with E-state index in [4.69, 9.17) is 9.47 Å². The maximum Gasteiger partial charge on any atom is 0.180 e. The van der Waals surface area contributed by atoms with Gasteiger partial charge in [-0.3, -0.25) is 4.79 Å². The van der Waals surface area contributed by atoms with E-state index < -0.39 is 0 Å². The molecule has 1 rings (SSSR count). The van der Waals surface area contributed by atoms with Crippen LogP contribution >= 0.6 is 0 Å². The van der Waals surface area contributed by atoms with E-state index in [0.29, 0.717) is 17.1 Å². The van der Waals surface area contributed by atoms with Crippen molar-refractivity contribution in [1.29, 1.82) is 0 Å². The van der Waals surface area contributed by atoms with E-state index in [0.717, 1.165) is 5.56 Å². The minimum absolute atomic E-state index is 0.0161. The number of aryl methyl sites for hydroxylation is 1. The lowest BCUT2D eigenvalue weighted by molar-refractivity contribution is 0.0990. The number of Topliss-reactive ketones (excluding diaryl/α,β-unsaturated/α-hetero) is 1. The molecule has 0 amide bonds. The summed E-state index contributed by atoms with van der Waals surface area (Å²) in [5.74, 6) is 1.26. The fraction of sp³-hybridized carbons (Fsp3) is 0.417. The molecule has 0 heterocycles. The average molecular weight is 223 g/mol. The average Bonchev–Trinajstić information content (AvgIpc) is 2.28. The van der Waals surface area contributed by atoms with Crippen LogP contribution in [0.2, 0.25) is 0 Å². The number of likely N-dealkylation sites (N-methyl/N-ethyl adjacent to an activating group) is 1. The summed E-state index contributed by atoms with van der Waals surface area (Å²) in [5, 5.41) is 2.82. The molecule has 0 atom stereocenters. The first-order chi connectivity index (χ1) is 7.63. The molecule has 1 N–H and O–H groups in total. The molecule has 0 saturated carbocycles. The topological polar surface area (TPSA) is 47.6 Å². The summed E-state index contributed by atoms with van der Waals surface area (Å²) in [4.78, 5) is 11.8. The van der Waals surface area contributed by atoms with E-state index in [1.54, 1.807) is 27.3 Å². The third kappa shape index (κ3) is 2.52. The molecule has 0 saturated heterocycles. The highest BCUT2D eigenvalue weighted by Crippen LogP contribution is 2.28. The number of carbonyl (C=O) groups is 1. The zero-order valence-electron chi connectivity index (χ0n) is 10.1. The van der Waals surface area contributed by atoms with Gasteiger partial charge in [-0.25, -0.2) is 0 Å². The Hall–Kier alpha value is -1.55. The van der Waals surface area contributed by atoms with Crippen molar-refractivity contribution in [2.45, 2.75) is 6.92 Å². The number of hydrogen-bond acceptors (Lipinski definition) is 4. The van der Waals surface area contributed by atoms with Crippen molar-refractivity contribution < 1.29 is 14.3 Å². The number of rotatable bonds is 5. The van der Waals surface area contributed by atoms with Crippen LogP contribution in [0.3, 0.4) is 0 Å². The van der Waals surface area contributed by atoms with Crippen molar-refractivity contribution in [1.82, 2.24) is 5.32 Å². The van der Waals surface area contributed by atoms with Crippen LogP contribution < -0.4 is 14.8 Å². The highest BCUT2D eigenvalue weighted by Gasteiger charge is 2.14. The zero-order valence-corrected chi connectivity index (χ0v) is 10.1. The third-order valence-electron chi connectivity index (χ3n) is 2.35. The lowest BCUT2D eigenvalue weighted by Gasteiger charge is -2.12. The lowest BCUT2D eigenvalue weighted by atomic mass is 10.1. The molecular formula is C12H17NO3. The van der Waals surface area contributed by atoms with Crippen molar-refractivity contribution in [3.05, 3.63) is 23.3 Å². The highest BCUT2D eigenvalue weighted by molar-refractivity contribution is 6.00. The quantitative estimate of drug-likeness (QED) is 0.767. The zero-order chi connectivity index (χ0) is 12.1. The normalized spacial score (nSPS) is 10.0. The van der Waals surface area contributed by atoms with Gasteiger partial charge in [0, 0.05) is 0 Å². The van der Waals surface area contributed by atoms with Crippen LogP contribution in [-0.4, -0.2) is 33.6 Å². The first-order valence-electron chi connectivity index (χ1n) is 5.04. The van der Waals surface area contributed by atoms with Crippen molar-refractivity contribution >= 4 is 5.78 Å². The first-order valence-corrected chi connectivity index (χ1v) is 5.04. The summed E-state index contributed by atoms with van der Waals surface area (Å²) in [6, 6.07) is 3.52. The summed E-state index contributed by atoms with van der Waals surface area (Å²) >= 11 is 0. The Kier molecular flexibility index (Phi) is 4.31. The predicted octanol–water partition coefficient (Wildman–Crippen LogP) is 1.41. The van der Waals surface area contributed by atoms with Crippen LogP contribution in [0.5, 0.6) is 11.5 Å². The molecule has 0 spiro atoms. The Morgan fingerprint density at radius 1 is 1.25 bits per heavy atom. The molecule has 0 radical (unpaired) electrons. The van der Waals surface area contributed by atoms with E-state index in [1.807, 2.05) is 13.0 Å².